The predicted molar refractivity (Wildman–Crippen MR) is 59.9 cm³/mol. The Morgan fingerprint density at radius 2 is 1.67 bits per heavy atom. The number of hydrogen-bond donors (Lipinski definition) is 1. The van der Waals surface area contributed by atoms with Gasteiger partial charge in [-0.15, -0.1) is 13.2 Å². The Bertz CT molecular complexity index is 113. The van der Waals surface area contributed by atoms with E-state index in [1.807, 2.05) is 12.2 Å². The lowest BCUT2D eigenvalue weighted by Gasteiger charge is -2.17. The molecule has 12 heavy (non-hydrogen) atoms. The van der Waals surface area contributed by atoms with Gasteiger partial charge < -0.3 is 0 Å². The van der Waals surface area contributed by atoms with Crippen LogP contribution in [0.1, 0.15) is 12.8 Å². The molecule has 0 heterocycles. The molecule has 0 radical (unpaired) electrons. The molecule has 0 saturated heterocycles. The topological polar surface area (TPSA) is 3.24 Å². The first-order valence-electron chi connectivity index (χ1n) is 4.40. The minimum absolute atomic E-state index is 0.957. The summed E-state index contributed by atoms with van der Waals surface area (Å²) in [6, 6.07) is 0. The zero-order chi connectivity index (χ0) is 9.23. The minimum atomic E-state index is 0.957. The van der Waals surface area contributed by atoms with Crippen LogP contribution in [0.4, 0.5) is 0 Å². The third-order valence-corrected chi connectivity index (χ3v) is 1.97. The summed E-state index contributed by atoms with van der Waals surface area (Å²) in [6.45, 7) is 10.5. The molecule has 0 bridgehead atoms. The van der Waals surface area contributed by atoms with Gasteiger partial charge in [0.2, 0.25) is 0 Å². The van der Waals surface area contributed by atoms with Gasteiger partial charge in [0.25, 0.3) is 0 Å². The zero-order valence-corrected chi connectivity index (χ0v) is 8.60. The van der Waals surface area contributed by atoms with E-state index in [9.17, 15) is 0 Å². The molecule has 1 nitrogen and oxygen atoms in total. The summed E-state index contributed by atoms with van der Waals surface area (Å²) in [5.74, 6) is 0.982. The summed E-state index contributed by atoms with van der Waals surface area (Å²) in [5.41, 5.74) is 0. The maximum atomic E-state index is 4.17. The molecule has 70 valence electrons. The molecule has 0 spiro atoms. The maximum absolute atomic E-state index is 4.17. The molecular weight excluding hydrogens is 166 g/mol. The highest BCUT2D eigenvalue weighted by atomic mass is 32.1. The van der Waals surface area contributed by atoms with E-state index in [4.69, 9.17) is 0 Å². The highest BCUT2D eigenvalue weighted by molar-refractivity contribution is 7.80. The quantitative estimate of drug-likeness (QED) is 0.345. The molecular formula is C10H19NS. The molecule has 0 saturated carbocycles. The summed E-state index contributed by atoms with van der Waals surface area (Å²) in [5, 5.41) is 0. The van der Waals surface area contributed by atoms with Crippen LogP contribution < -0.4 is 0 Å². The van der Waals surface area contributed by atoms with Crippen molar-refractivity contribution in [3.05, 3.63) is 25.3 Å². The van der Waals surface area contributed by atoms with Crippen molar-refractivity contribution in [2.45, 2.75) is 12.8 Å². The molecule has 0 aliphatic heterocycles. The normalized spacial score (nSPS) is 10.2. The second-order valence-corrected chi connectivity index (χ2v) is 3.21. The van der Waals surface area contributed by atoms with Crippen molar-refractivity contribution >= 4 is 12.6 Å². The molecule has 0 rings (SSSR count). The largest absolute Gasteiger partial charge is 0.296 e. The first-order chi connectivity index (χ1) is 5.85. The summed E-state index contributed by atoms with van der Waals surface area (Å²) < 4.78 is 0. The van der Waals surface area contributed by atoms with Crippen molar-refractivity contribution in [1.29, 1.82) is 0 Å². The highest BCUT2D eigenvalue weighted by Gasteiger charge is 1.98. The van der Waals surface area contributed by atoms with E-state index in [1.165, 1.54) is 12.8 Å². The molecule has 0 aromatic rings. The fourth-order valence-electron chi connectivity index (χ4n) is 1.07. The smallest absolute Gasteiger partial charge is 0.0163 e. The SMILES string of the molecule is C=CCN(CC=C)CCCCS. The summed E-state index contributed by atoms with van der Waals surface area (Å²) >= 11 is 4.17. The Morgan fingerprint density at radius 3 is 2.08 bits per heavy atom. The van der Waals surface area contributed by atoms with Crippen molar-refractivity contribution in [1.82, 2.24) is 4.90 Å². The Kier molecular flexibility index (Phi) is 8.73. The van der Waals surface area contributed by atoms with Gasteiger partial charge in [-0.1, -0.05) is 12.2 Å². The Morgan fingerprint density at radius 1 is 1.08 bits per heavy atom. The first-order valence-corrected chi connectivity index (χ1v) is 5.03. The molecule has 0 aliphatic carbocycles. The van der Waals surface area contributed by atoms with Crippen molar-refractivity contribution in [3.8, 4) is 0 Å². The van der Waals surface area contributed by atoms with Crippen molar-refractivity contribution < 1.29 is 0 Å². The average molecular weight is 185 g/mol. The lowest BCUT2D eigenvalue weighted by Crippen LogP contribution is -2.25. The Hall–Kier alpha value is -0.210. The van der Waals surface area contributed by atoms with Crippen molar-refractivity contribution in [2.24, 2.45) is 0 Å². The number of thiol groups is 1. The van der Waals surface area contributed by atoms with Crippen LogP contribution in [0.15, 0.2) is 25.3 Å². The standard InChI is InChI=1S/C10H19NS/c1-3-7-11(8-4-2)9-5-6-10-12/h3-4,12H,1-2,5-10H2. The fourth-order valence-corrected chi connectivity index (χ4v) is 1.29. The van der Waals surface area contributed by atoms with E-state index in [0.717, 1.165) is 25.4 Å². The van der Waals surface area contributed by atoms with E-state index in [1.54, 1.807) is 0 Å². The summed E-state index contributed by atoms with van der Waals surface area (Å²) in [7, 11) is 0. The highest BCUT2D eigenvalue weighted by Crippen LogP contribution is 1.96. The van der Waals surface area contributed by atoms with E-state index in [-0.39, 0.29) is 0 Å². The van der Waals surface area contributed by atoms with Crippen LogP contribution in [-0.2, 0) is 0 Å². The minimum Gasteiger partial charge on any atom is -0.296 e. The molecule has 0 N–H and O–H groups in total. The predicted octanol–water partition coefficient (Wildman–Crippen LogP) is 2.37. The van der Waals surface area contributed by atoms with E-state index in [2.05, 4.69) is 30.7 Å². The second-order valence-electron chi connectivity index (χ2n) is 2.77. The molecule has 0 fully saturated rings. The lowest BCUT2D eigenvalue weighted by atomic mass is 10.3. The Balaban J connectivity index is 3.47. The number of rotatable bonds is 8. The first kappa shape index (κ1) is 11.8. The van der Waals surface area contributed by atoms with Crippen LogP contribution in [0.3, 0.4) is 0 Å². The number of nitrogens with zero attached hydrogens (tertiary/aromatic N) is 1. The fraction of sp³-hybridized carbons (Fsp3) is 0.600. The molecule has 0 aromatic carbocycles. The average Bonchev–Trinajstić information content (AvgIpc) is 2.06. The van der Waals surface area contributed by atoms with Gasteiger partial charge in [-0.3, -0.25) is 4.90 Å². The third kappa shape index (κ3) is 6.50. The Labute approximate surface area is 81.6 Å². The second kappa shape index (κ2) is 8.88. The van der Waals surface area contributed by atoms with Gasteiger partial charge in [-0.2, -0.15) is 12.6 Å². The summed E-state index contributed by atoms with van der Waals surface area (Å²) in [4.78, 5) is 2.32. The van der Waals surface area contributed by atoms with Crippen LogP contribution in [0, 0.1) is 0 Å². The van der Waals surface area contributed by atoms with Crippen molar-refractivity contribution in [3.63, 3.8) is 0 Å². The molecule has 2 heteroatoms. The van der Waals surface area contributed by atoms with E-state index < -0.39 is 0 Å². The number of unbranched alkanes of at least 4 members (excludes halogenated alkanes) is 1. The van der Waals surface area contributed by atoms with Crippen LogP contribution in [0.5, 0.6) is 0 Å². The third-order valence-electron chi connectivity index (χ3n) is 1.66. The van der Waals surface area contributed by atoms with Gasteiger partial charge in [-0.05, 0) is 25.1 Å². The monoisotopic (exact) mass is 185 g/mol. The van der Waals surface area contributed by atoms with Gasteiger partial charge in [0.15, 0.2) is 0 Å². The molecule has 0 aromatic heterocycles. The van der Waals surface area contributed by atoms with Gasteiger partial charge in [0.05, 0.1) is 0 Å². The summed E-state index contributed by atoms with van der Waals surface area (Å²) in [6.07, 6.45) is 6.27. The lowest BCUT2D eigenvalue weighted by molar-refractivity contribution is 0.329. The van der Waals surface area contributed by atoms with E-state index >= 15 is 0 Å². The van der Waals surface area contributed by atoms with Gasteiger partial charge >= 0.3 is 0 Å². The van der Waals surface area contributed by atoms with Crippen LogP contribution in [-0.4, -0.2) is 30.3 Å². The van der Waals surface area contributed by atoms with Crippen LogP contribution in [0.25, 0.3) is 0 Å². The van der Waals surface area contributed by atoms with Gasteiger partial charge in [0.1, 0.15) is 0 Å². The maximum Gasteiger partial charge on any atom is 0.0163 e. The number of hydrogen-bond acceptors (Lipinski definition) is 2. The van der Waals surface area contributed by atoms with Gasteiger partial charge in [0, 0.05) is 13.1 Å². The van der Waals surface area contributed by atoms with Gasteiger partial charge in [-0.25, -0.2) is 0 Å². The molecule has 0 aliphatic rings. The zero-order valence-electron chi connectivity index (χ0n) is 7.71. The van der Waals surface area contributed by atoms with Crippen LogP contribution in [0.2, 0.25) is 0 Å². The van der Waals surface area contributed by atoms with E-state index in [0.29, 0.717) is 0 Å². The van der Waals surface area contributed by atoms with Crippen LogP contribution >= 0.6 is 12.6 Å². The molecule has 0 amide bonds. The molecule has 0 atom stereocenters. The molecule has 0 unspecified atom stereocenters. The van der Waals surface area contributed by atoms with Crippen molar-refractivity contribution in [2.75, 3.05) is 25.4 Å².